The smallest absolute Gasteiger partial charge is 0.244 e. The molecule has 100 valence electrons. The van der Waals surface area contributed by atoms with Crippen LogP contribution in [0.3, 0.4) is 0 Å². The van der Waals surface area contributed by atoms with E-state index in [1.165, 1.54) is 0 Å². The molecular formula is C13H16ClN5. The van der Waals surface area contributed by atoms with Crippen LogP contribution in [-0.4, -0.2) is 21.7 Å². The second-order valence-corrected chi connectivity index (χ2v) is 5.01. The average molecular weight is 278 g/mol. The minimum atomic E-state index is 0.521. The van der Waals surface area contributed by atoms with Gasteiger partial charge < -0.3 is 10.6 Å². The number of nitrogens with one attached hydrogen (secondary N) is 2. The highest BCUT2D eigenvalue weighted by Gasteiger charge is 2.02. The number of hydrogen-bond donors (Lipinski definition) is 2. The van der Waals surface area contributed by atoms with Crippen LogP contribution < -0.4 is 10.6 Å². The lowest BCUT2D eigenvalue weighted by atomic mass is 10.2. The van der Waals surface area contributed by atoms with Gasteiger partial charge in [-0.25, -0.2) is 0 Å². The second kappa shape index (κ2) is 6.33. The Labute approximate surface area is 117 Å². The van der Waals surface area contributed by atoms with E-state index in [4.69, 9.17) is 11.6 Å². The van der Waals surface area contributed by atoms with E-state index >= 15 is 0 Å². The Balaban J connectivity index is 2.04. The summed E-state index contributed by atoms with van der Waals surface area (Å²) in [6, 6.07) is 7.39. The van der Waals surface area contributed by atoms with Gasteiger partial charge in [0.15, 0.2) is 5.82 Å². The lowest BCUT2D eigenvalue weighted by Gasteiger charge is -2.09. The summed E-state index contributed by atoms with van der Waals surface area (Å²) in [7, 11) is 0. The number of halogens is 1. The van der Waals surface area contributed by atoms with Crippen molar-refractivity contribution >= 4 is 29.1 Å². The molecule has 6 heteroatoms. The van der Waals surface area contributed by atoms with E-state index in [2.05, 4.69) is 39.7 Å². The molecule has 1 aromatic carbocycles. The summed E-state index contributed by atoms with van der Waals surface area (Å²) < 4.78 is 0. The van der Waals surface area contributed by atoms with Crippen molar-refractivity contribution in [2.75, 3.05) is 17.2 Å². The standard InChI is InChI=1S/C13H16ClN5/c1-9(2)7-15-13-18-12(8-16-19-13)17-11-5-3-10(14)4-6-11/h3-6,8-9H,7H2,1-2H3,(H2,15,17,18,19). The third-order valence-corrected chi connectivity index (χ3v) is 2.60. The van der Waals surface area contributed by atoms with Gasteiger partial charge in [-0.2, -0.15) is 10.1 Å². The summed E-state index contributed by atoms with van der Waals surface area (Å²) in [4.78, 5) is 4.33. The summed E-state index contributed by atoms with van der Waals surface area (Å²) in [5.41, 5.74) is 0.903. The van der Waals surface area contributed by atoms with E-state index in [9.17, 15) is 0 Å². The number of rotatable bonds is 5. The zero-order valence-electron chi connectivity index (χ0n) is 10.9. The SMILES string of the molecule is CC(C)CNc1nncc(Nc2ccc(Cl)cc2)n1. The Morgan fingerprint density at radius 2 is 1.95 bits per heavy atom. The zero-order valence-corrected chi connectivity index (χ0v) is 11.6. The number of nitrogens with zero attached hydrogens (tertiary/aromatic N) is 3. The molecule has 0 atom stereocenters. The zero-order chi connectivity index (χ0) is 13.7. The molecule has 2 rings (SSSR count). The molecule has 0 bridgehead atoms. The first-order valence-electron chi connectivity index (χ1n) is 6.09. The van der Waals surface area contributed by atoms with Crippen molar-refractivity contribution in [2.24, 2.45) is 5.92 Å². The summed E-state index contributed by atoms with van der Waals surface area (Å²) in [6.07, 6.45) is 1.58. The lowest BCUT2D eigenvalue weighted by molar-refractivity contribution is 0.682. The van der Waals surface area contributed by atoms with Crippen molar-refractivity contribution in [1.29, 1.82) is 0 Å². The number of anilines is 3. The number of aromatic nitrogens is 3. The molecule has 5 nitrogen and oxygen atoms in total. The van der Waals surface area contributed by atoms with Gasteiger partial charge in [0, 0.05) is 17.3 Å². The second-order valence-electron chi connectivity index (χ2n) is 4.57. The van der Waals surface area contributed by atoms with Gasteiger partial charge in [-0.05, 0) is 30.2 Å². The molecule has 0 unspecified atom stereocenters. The molecule has 0 aliphatic rings. The molecule has 0 saturated heterocycles. The van der Waals surface area contributed by atoms with Crippen LogP contribution in [0, 0.1) is 5.92 Å². The fourth-order valence-corrected chi connectivity index (χ4v) is 1.54. The Bertz CT molecular complexity index is 527. The van der Waals surface area contributed by atoms with Crippen LogP contribution in [-0.2, 0) is 0 Å². The predicted molar refractivity (Wildman–Crippen MR) is 77.9 cm³/mol. The van der Waals surface area contributed by atoms with Crippen LogP contribution in [0.2, 0.25) is 5.02 Å². The first kappa shape index (κ1) is 13.5. The number of benzene rings is 1. The van der Waals surface area contributed by atoms with Crippen LogP contribution in [0.1, 0.15) is 13.8 Å². The van der Waals surface area contributed by atoms with E-state index in [1.807, 2.05) is 24.3 Å². The van der Waals surface area contributed by atoms with Crippen molar-refractivity contribution in [3.63, 3.8) is 0 Å². The third kappa shape index (κ3) is 4.37. The molecule has 2 N–H and O–H groups in total. The van der Waals surface area contributed by atoms with Crippen LogP contribution in [0.15, 0.2) is 30.5 Å². The highest BCUT2D eigenvalue weighted by molar-refractivity contribution is 6.30. The fourth-order valence-electron chi connectivity index (χ4n) is 1.42. The molecule has 0 aliphatic heterocycles. The molecule has 0 fully saturated rings. The topological polar surface area (TPSA) is 62.7 Å². The summed E-state index contributed by atoms with van der Waals surface area (Å²) >= 11 is 5.83. The molecule has 1 aromatic heterocycles. The van der Waals surface area contributed by atoms with Crippen molar-refractivity contribution in [2.45, 2.75) is 13.8 Å². The van der Waals surface area contributed by atoms with E-state index in [-0.39, 0.29) is 0 Å². The van der Waals surface area contributed by atoms with E-state index in [1.54, 1.807) is 6.20 Å². The van der Waals surface area contributed by atoms with Gasteiger partial charge in [0.25, 0.3) is 0 Å². The maximum atomic E-state index is 5.83. The molecule has 0 spiro atoms. The molecule has 1 heterocycles. The molecule has 0 radical (unpaired) electrons. The fraction of sp³-hybridized carbons (Fsp3) is 0.308. The van der Waals surface area contributed by atoms with Gasteiger partial charge in [-0.1, -0.05) is 25.4 Å². The summed E-state index contributed by atoms with van der Waals surface area (Å²) in [5, 5.41) is 14.8. The monoisotopic (exact) mass is 277 g/mol. The maximum absolute atomic E-state index is 5.83. The van der Waals surface area contributed by atoms with E-state index in [0.29, 0.717) is 22.7 Å². The Morgan fingerprint density at radius 1 is 1.21 bits per heavy atom. The molecular weight excluding hydrogens is 262 g/mol. The molecule has 19 heavy (non-hydrogen) atoms. The third-order valence-electron chi connectivity index (χ3n) is 2.34. The largest absolute Gasteiger partial charge is 0.353 e. The van der Waals surface area contributed by atoms with Crippen LogP contribution in [0.5, 0.6) is 0 Å². The molecule has 0 amide bonds. The van der Waals surface area contributed by atoms with Crippen LogP contribution >= 0.6 is 11.6 Å². The van der Waals surface area contributed by atoms with Crippen LogP contribution in [0.25, 0.3) is 0 Å². The minimum Gasteiger partial charge on any atom is -0.353 e. The quantitative estimate of drug-likeness (QED) is 0.878. The van der Waals surface area contributed by atoms with Crippen molar-refractivity contribution in [3.05, 3.63) is 35.5 Å². The molecule has 0 saturated carbocycles. The van der Waals surface area contributed by atoms with Gasteiger partial charge in [-0.15, -0.1) is 5.10 Å². The Morgan fingerprint density at radius 3 is 2.63 bits per heavy atom. The lowest BCUT2D eigenvalue weighted by Crippen LogP contribution is -2.11. The number of hydrogen-bond acceptors (Lipinski definition) is 5. The Kier molecular flexibility index (Phi) is 4.52. The van der Waals surface area contributed by atoms with Gasteiger partial charge in [0.2, 0.25) is 5.95 Å². The van der Waals surface area contributed by atoms with Gasteiger partial charge >= 0.3 is 0 Å². The predicted octanol–water partition coefficient (Wildman–Crippen LogP) is 3.34. The maximum Gasteiger partial charge on any atom is 0.244 e. The highest BCUT2D eigenvalue weighted by Crippen LogP contribution is 2.17. The van der Waals surface area contributed by atoms with Crippen molar-refractivity contribution in [3.8, 4) is 0 Å². The van der Waals surface area contributed by atoms with Crippen molar-refractivity contribution in [1.82, 2.24) is 15.2 Å². The minimum absolute atomic E-state index is 0.521. The molecule has 0 aliphatic carbocycles. The average Bonchev–Trinajstić information content (AvgIpc) is 2.40. The normalized spacial score (nSPS) is 10.5. The first-order valence-corrected chi connectivity index (χ1v) is 6.47. The van der Waals surface area contributed by atoms with Crippen LogP contribution in [0.4, 0.5) is 17.5 Å². The van der Waals surface area contributed by atoms with Gasteiger partial charge in [0.1, 0.15) is 0 Å². The van der Waals surface area contributed by atoms with Crippen molar-refractivity contribution < 1.29 is 0 Å². The van der Waals surface area contributed by atoms with E-state index < -0.39 is 0 Å². The van der Waals surface area contributed by atoms with Gasteiger partial charge in [0.05, 0.1) is 6.20 Å². The summed E-state index contributed by atoms with van der Waals surface area (Å²) in [5.74, 6) is 1.69. The van der Waals surface area contributed by atoms with E-state index in [0.717, 1.165) is 12.2 Å². The van der Waals surface area contributed by atoms with Gasteiger partial charge in [-0.3, -0.25) is 0 Å². The Hall–Kier alpha value is -1.88. The first-order chi connectivity index (χ1) is 9.13. The molecule has 2 aromatic rings. The highest BCUT2D eigenvalue weighted by atomic mass is 35.5. The summed E-state index contributed by atoms with van der Waals surface area (Å²) in [6.45, 7) is 5.05.